The van der Waals surface area contributed by atoms with E-state index >= 15 is 0 Å². The van der Waals surface area contributed by atoms with Gasteiger partial charge in [0, 0.05) is 32.0 Å². The zero-order chi connectivity index (χ0) is 14.7. The number of nitrogens with zero attached hydrogens (tertiary/aromatic N) is 4. The topological polar surface area (TPSA) is 78.8 Å². The molecular formula is C14H20N4O3. The Hall–Kier alpha value is -1.73. The summed E-state index contributed by atoms with van der Waals surface area (Å²) in [5.74, 6) is 0.634. The van der Waals surface area contributed by atoms with E-state index in [-0.39, 0.29) is 12.0 Å². The van der Waals surface area contributed by atoms with Crippen LogP contribution in [0.5, 0.6) is 0 Å². The first-order valence-corrected chi connectivity index (χ1v) is 7.34. The Labute approximate surface area is 123 Å². The van der Waals surface area contributed by atoms with E-state index < -0.39 is 6.10 Å². The SMILES string of the molecule is O=C([C@H]1CN(c2ncccn2)CCO1)N1CCC(O)CC1. The summed E-state index contributed by atoms with van der Waals surface area (Å²) in [5, 5.41) is 9.52. The minimum absolute atomic E-state index is 0.00234. The average Bonchev–Trinajstić information content (AvgIpc) is 2.56. The Kier molecular flexibility index (Phi) is 4.31. The van der Waals surface area contributed by atoms with E-state index in [0.717, 1.165) is 0 Å². The Bertz CT molecular complexity index is 476. The van der Waals surface area contributed by atoms with Gasteiger partial charge in [-0.1, -0.05) is 0 Å². The fourth-order valence-corrected chi connectivity index (χ4v) is 2.72. The van der Waals surface area contributed by atoms with Gasteiger partial charge in [0.1, 0.15) is 0 Å². The molecule has 2 fully saturated rings. The molecule has 0 spiro atoms. The summed E-state index contributed by atoms with van der Waals surface area (Å²) in [6, 6.07) is 1.77. The molecule has 0 aliphatic carbocycles. The molecule has 1 aromatic heterocycles. The molecule has 3 heterocycles. The van der Waals surface area contributed by atoms with Gasteiger partial charge in [-0.15, -0.1) is 0 Å². The first-order valence-electron chi connectivity index (χ1n) is 7.34. The van der Waals surface area contributed by atoms with Crippen LogP contribution in [-0.4, -0.2) is 70.9 Å². The second kappa shape index (κ2) is 6.36. The van der Waals surface area contributed by atoms with E-state index in [1.807, 2.05) is 4.90 Å². The number of likely N-dealkylation sites (tertiary alicyclic amines) is 1. The van der Waals surface area contributed by atoms with Crippen LogP contribution in [0.15, 0.2) is 18.5 Å². The number of carbonyl (C=O) groups is 1. The third-order valence-electron chi connectivity index (χ3n) is 3.95. The molecule has 2 saturated heterocycles. The predicted octanol–water partition coefficient (Wildman–Crippen LogP) is -0.335. The molecule has 0 bridgehead atoms. The summed E-state index contributed by atoms with van der Waals surface area (Å²) in [4.78, 5) is 24.7. The Morgan fingerprint density at radius 1 is 1.24 bits per heavy atom. The summed E-state index contributed by atoms with van der Waals surface area (Å²) < 4.78 is 5.62. The number of anilines is 1. The van der Waals surface area contributed by atoms with Crippen molar-refractivity contribution in [3.63, 3.8) is 0 Å². The van der Waals surface area contributed by atoms with Gasteiger partial charge in [0.25, 0.3) is 5.91 Å². The number of aliphatic hydroxyl groups excluding tert-OH is 1. The predicted molar refractivity (Wildman–Crippen MR) is 75.8 cm³/mol. The lowest BCUT2D eigenvalue weighted by atomic mass is 10.1. The van der Waals surface area contributed by atoms with Crippen molar-refractivity contribution in [3.8, 4) is 0 Å². The van der Waals surface area contributed by atoms with Crippen LogP contribution in [-0.2, 0) is 9.53 Å². The molecule has 1 amide bonds. The largest absolute Gasteiger partial charge is 0.393 e. The molecule has 0 radical (unpaired) electrons. The minimum atomic E-state index is -0.474. The third-order valence-corrected chi connectivity index (χ3v) is 3.95. The van der Waals surface area contributed by atoms with E-state index in [2.05, 4.69) is 9.97 Å². The second-order valence-electron chi connectivity index (χ2n) is 5.41. The molecule has 7 nitrogen and oxygen atoms in total. The van der Waals surface area contributed by atoms with Crippen LogP contribution in [0.1, 0.15) is 12.8 Å². The zero-order valence-electron chi connectivity index (χ0n) is 11.9. The van der Waals surface area contributed by atoms with Gasteiger partial charge >= 0.3 is 0 Å². The van der Waals surface area contributed by atoms with Crippen molar-refractivity contribution >= 4 is 11.9 Å². The maximum atomic E-state index is 12.5. The van der Waals surface area contributed by atoms with Crippen molar-refractivity contribution in [1.82, 2.24) is 14.9 Å². The van der Waals surface area contributed by atoms with Crippen LogP contribution >= 0.6 is 0 Å². The maximum Gasteiger partial charge on any atom is 0.253 e. The molecule has 1 aromatic rings. The fraction of sp³-hybridized carbons (Fsp3) is 0.643. The lowest BCUT2D eigenvalue weighted by molar-refractivity contribution is -0.146. The van der Waals surface area contributed by atoms with E-state index in [4.69, 9.17) is 4.74 Å². The van der Waals surface area contributed by atoms with Crippen LogP contribution < -0.4 is 4.90 Å². The number of piperidine rings is 1. The number of carbonyl (C=O) groups excluding carboxylic acids is 1. The summed E-state index contributed by atoms with van der Waals surface area (Å²) in [6.45, 7) is 2.85. The van der Waals surface area contributed by atoms with Crippen molar-refractivity contribution in [3.05, 3.63) is 18.5 Å². The minimum Gasteiger partial charge on any atom is -0.393 e. The highest BCUT2D eigenvalue weighted by atomic mass is 16.5. The quantitative estimate of drug-likeness (QED) is 0.804. The molecule has 114 valence electrons. The van der Waals surface area contributed by atoms with Gasteiger partial charge < -0.3 is 19.6 Å². The third kappa shape index (κ3) is 3.30. The highest BCUT2D eigenvalue weighted by molar-refractivity contribution is 5.82. The molecule has 2 aliphatic heterocycles. The number of aliphatic hydroxyl groups is 1. The summed E-state index contributed by atoms with van der Waals surface area (Å²) in [7, 11) is 0. The zero-order valence-corrected chi connectivity index (χ0v) is 11.9. The standard InChI is InChI=1S/C14H20N4O3/c19-11-2-6-17(7-3-11)13(20)12-10-18(8-9-21-12)14-15-4-1-5-16-14/h1,4-5,11-12,19H,2-3,6-10H2/t12-/m1/s1. The number of hydrogen-bond donors (Lipinski definition) is 1. The average molecular weight is 292 g/mol. The summed E-state index contributed by atoms with van der Waals surface area (Å²) in [5.41, 5.74) is 0. The Morgan fingerprint density at radius 3 is 2.67 bits per heavy atom. The summed E-state index contributed by atoms with van der Waals surface area (Å²) >= 11 is 0. The van der Waals surface area contributed by atoms with Gasteiger partial charge in [0.05, 0.1) is 19.3 Å². The molecule has 3 rings (SSSR count). The number of ether oxygens (including phenoxy) is 1. The van der Waals surface area contributed by atoms with E-state index in [1.165, 1.54) is 0 Å². The molecule has 0 aromatic carbocycles. The molecule has 2 aliphatic rings. The van der Waals surface area contributed by atoms with Crippen LogP contribution in [0.25, 0.3) is 0 Å². The lowest BCUT2D eigenvalue weighted by Crippen LogP contribution is -2.53. The van der Waals surface area contributed by atoms with Crippen LogP contribution in [0.4, 0.5) is 5.95 Å². The van der Waals surface area contributed by atoms with Gasteiger partial charge in [-0.05, 0) is 18.9 Å². The van der Waals surface area contributed by atoms with E-state index in [1.54, 1.807) is 23.4 Å². The monoisotopic (exact) mass is 292 g/mol. The van der Waals surface area contributed by atoms with Gasteiger partial charge in [-0.3, -0.25) is 4.79 Å². The van der Waals surface area contributed by atoms with Gasteiger partial charge in [0.2, 0.25) is 5.95 Å². The second-order valence-corrected chi connectivity index (χ2v) is 5.41. The Balaban J connectivity index is 1.62. The van der Waals surface area contributed by atoms with E-state index in [9.17, 15) is 9.90 Å². The molecule has 21 heavy (non-hydrogen) atoms. The summed E-state index contributed by atoms with van der Waals surface area (Å²) in [6.07, 6.45) is 3.92. The smallest absolute Gasteiger partial charge is 0.253 e. The van der Waals surface area contributed by atoms with Crippen molar-refractivity contribution in [2.24, 2.45) is 0 Å². The molecule has 1 atom stereocenters. The lowest BCUT2D eigenvalue weighted by Gasteiger charge is -2.36. The fourth-order valence-electron chi connectivity index (χ4n) is 2.72. The number of rotatable bonds is 2. The molecule has 0 unspecified atom stereocenters. The van der Waals surface area contributed by atoms with Crippen molar-refractivity contribution in [2.45, 2.75) is 25.0 Å². The normalized spacial score (nSPS) is 24.1. The van der Waals surface area contributed by atoms with Gasteiger partial charge in [-0.2, -0.15) is 0 Å². The molecule has 0 saturated carbocycles. The van der Waals surface area contributed by atoms with Crippen LogP contribution in [0.2, 0.25) is 0 Å². The number of amides is 1. The number of aromatic nitrogens is 2. The molecule has 1 N–H and O–H groups in total. The first-order chi connectivity index (χ1) is 10.2. The highest BCUT2D eigenvalue weighted by Gasteiger charge is 2.32. The van der Waals surface area contributed by atoms with Crippen LogP contribution in [0, 0.1) is 0 Å². The van der Waals surface area contributed by atoms with Crippen molar-refractivity contribution < 1.29 is 14.6 Å². The van der Waals surface area contributed by atoms with Crippen molar-refractivity contribution in [2.75, 3.05) is 37.7 Å². The van der Waals surface area contributed by atoms with E-state index in [0.29, 0.717) is 51.6 Å². The first kappa shape index (κ1) is 14.2. The number of morpholine rings is 1. The van der Waals surface area contributed by atoms with Gasteiger partial charge in [0.15, 0.2) is 6.10 Å². The van der Waals surface area contributed by atoms with Gasteiger partial charge in [-0.25, -0.2) is 9.97 Å². The molecule has 7 heteroatoms. The molecular weight excluding hydrogens is 272 g/mol. The Morgan fingerprint density at radius 2 is 1.95 bits per heavy atom. The van der Waals surface area contributed by atoms with Crippen molar-refractivity contribution in [1.29, 1.82) is 0 Å². The van der Waals surface area contributed by atoms with Crippen LogP contribution in [0.3, 0.4) is 0 Å². The maximum absolute atomic E-state index is 12.5. The highest BCUT2D eigenvalue weighted by Crippen LogP contribution is 2.16. The number of hydrogen-bond acceptors (Lipinski definition) is 6.